The third-order valence-electron chi connectivity index (χ3n) is 5.79. The molecule has 24 heavy (non-hydrogen) atoms. The van der Waals surface area contributed by atoms with E-state index in [2.05, 4.69) is 5.32 Å². The molecule has 1 saturated carbocycles. The molecule has 2 aliphatic heterocycles. The first-order chi connectivity index (χ1) is 11.4. The van der Waals surface area contributed by atoms with E-state index in [1.807, 2.05) is 0 Å². The fourth-order valence-corrected chi connectivity index (χ4v) is 5.07. The SMILES string of the molecule is CCS(=O)(=O)N1CCC2(CC1)CC(CCNC(=O)C1CC1)CCO2. The summed E-state index contributed by atoms with van der Waals surface area (Å²) in [5.74, 6) is 1.22. The Morgan fingerprint density at radius 1 is 1.25 bits per heavy atom. The van der Waals surface area contributed by atoms with Gasteiger partial charge in [-0.2, -0.15) is 0 Å². The van der Waals surface area contributed by atoms with Crippen LogP contribution in [0.1, 0.15) is 51.9 Å². The van der Waals surface area contributed by atoms with Crippen LogP contribution < -0.4 is 5.32 Å². The fraction of sp³-hybridized carbons (Fsp3) is 0.941. The first-order valence-corrected chi connectivity index (χ1v) is 10.9. The van der Waals surface area contributed by atoms with Crippen molar-refractivity contribution < 1.29 is 17.9 Å². The first kappa shape index (κ1) is 18.1. The van der Waals surface area contributed by atoms with Gasteiger partial charge in [0.25, 0.3) is 0 Å². The summed E-state index contributed by atoms with van der Waals surface area (Å²) in [6.07, 6.45) is 6.70. The Morgan fingerprint density at radius 3 is 2.58 bits per heavy atom. The molecule has 0 aromatic carbocycles. The van der Waals surface area contributed by atoms with Gasteiger partial charge in [-0.15, -0.1) is 0 Å². The molecule has 1 atom stereocenters. The number of nitrogens with zero attached hydrogens (tertiary/aromatic N) is 1. The van der Waals surface area contributed by atoms with Gasteiger partial charge in [0.2, 0.25) is 15.9 Å². The van der Waals surface area contributed by atoms with Crippen LogP contribution in [0.3, 0.4) is 0 Å². The van der Waals surface area contributed by atoms with Gasteiger partial charge in [0.15, 0.2) is 0 Å². The molecule has 138 valence electrons. The van der Waals surface area contributed by atoms with Gasteiger partial charge in [0, 0.05) is 32.2 Å². The highest BCUT2D eigenvalue weighted by Gasteiger charge is 2.42. The van der Waals surface area contributed by atoms with Gasteiger partial charge in [0.05, 0.1) is 11.4 Å². The lowest BCUT2D eigenvalue weighted by molar-refractivity contribution is -0.124. The summed E-state index contributed by atoms with van der Waals surface area (Å²) in [6, 6.07) is 0. The van der Waals surface area contributed by atoms with Crippen LogP contribution in [0, 0.1) is 11.8 Å². The van der Waals surface area contributed by atoms with Crippen LogP contribution >= 0.6 is 0 Å². The standard InChI is InChI=1S/C17H30N2O4S/c1-2-24(21,22)19-10-7-17(8-11-19)13-14(6-12-23-17)5-9-18-16(20)15-3-4-15/h14-15H,2-13H2,1H3,(H,18,20). The normalized spacial score (nSPS) is 28.0. The molecule has 1 unspecified atom stereocenters. The second-order valence-electron chi connectivity index (χ2n) is 7.54. The van der Waals surface area contributed by atoms with E-state index >= 15 is 0 Å². The third kappa shape index (κ3) is 4.29. The smallest absolute Gasteiger partial charge is 0.223 e. The van der Waals surface area contributed by atoms with Gasteiger partial charge < -0.3 is 10.1 Å². The van der Waals surface area contributed by atoms with E-state index in [4.69, 9.17) is 4.74 Å². The summed E-state index contributed by atoms with van der Waals surface area (Å²) in [6.45, 7) is 4.35. The lowest BCUT2D eigenvalue weighted by Crippen LogP contribution is -2.51. The number of hydrogen-bond donors (Lipinski definition) is 1. The highest BCUT2D eigenvalue weighted by atomic mass is 32.2. The monoisotopic (exact) mass is 358 g/mol. The predicted octanol–water partition coefficient (Wildman–Crippen LogP) is 1.51. The van der Waals surface area contributed by atoms with Crippen molar-refractivity contribution >= 4 is 15.9 Å². The minimum atomic E-state index is -3.09. The molecular formula is C17H30N2O4S. The maximum absolute atomic E-state index is 12.0. The molecule has 0 aromatic rings. The maximum Gasteiger partial charge on any atom is 0.223 e. The Hall–Kier alpha value is -0.660. The van der Waals surface area contributed by atoms with Crippen LogP contribution in [0.5, 0.6) is 0 Å². The number of ether oxygens (including phenoxy) is 1. The number of amides is 1. The summed E-state index contributed by atoms with van der Waals surface area (Å²) in [5.41, 5.74) is -0.150. The molecule has 0 aromatic heterocycles. The number of piperidine rings is 1. The molecule has 0 radical (unpaired) electrons. The van der Waals surface area contributed by atoms with Gasteiger partial charge in [-0.05, 0) is 57.8 Å². The van der Waals surface area contributed by atoms with E-state index in [-0.39, 0.29) is 23.2 Å². The van der Waals surface area contributed by atoms with Gasteiger partial charge >= 0.3 is 0 Å². The Kier molecular flexibility index (Phi) is 5.52. The Bertz CT molecular complexity index is 551. The zero-order chi connectivity index (χ0) is 17.2. The highest BCUT2D eigenvalue weighted by Crippen LogP contribution is 2.39. The molecule has 3 fully saturated rings. The van der Waals surface area contributed by atoms with Crippen molar-refractivity contribution in [2.24, 2.45) is 11.8 Å². The summed E-state index contributed by atoms with van der Waals surface area (Å²) >= 11 is 0. The number of hydrogen-bond acceptors (Lipinski definition) is 4. The molecule has 1 amide bonds. The molecule has 1 aliphatic carbocycles. The molecule has 0 bridgehead atoms. The van der Waals surface area contributed by atoms with Crippen LogP contribution in [-0.2, 0) is 19.6 Å². The van der Waals surface area contributed by atoms with E-state index < -0.39 is 10.0 Å². The van der Waals surface area contributed by atoms with Crippen LogP contribution in [0.4, 0.5) is 0 Å². The Balaban J connectivity index is 1.46. The van der Waals surface area contributed by atoms with Crippen molar-refractivity contribution in [3.05, 3.63) is 0 Å². The van der Waals surface area contributed by atoms with E-state index in [0.717, 1.165) is 58.1 Å². The molecule has 7 heteroatoms. The predicted molar refractivity (Wildman–Crippen MR) is 92.0 cm³/mol. The molecule has 2 heterocycles. The molecule has 2 saturated heterocycles. The second kappa shape index (κ2) is 7.30. The van der Waals surface area contributed by atoms with Crippen LogP contribution in [0.2, 0.25) is 0 Å². The highest BCUT2D eigenvalue weighted by molar-refractivity contribution is 7.89. The van der Waals surface area contributed by atoms with Gasteiger partial charge in [-0.25, -0.2) is 12.7 Å². The molecule has 6 nitrogen and oxygen atoms in total. The lowest BCUT2D eigenvalue weighted by Gasteiger charge is -2.46. The molecule has 1 N–H and O–H groups in total. The molecule has 3 rings (SSSR count). The average Bonchev–Trinajstić information content (AvgIpc) is 3.40. The van der Waals surface area contributed by atoms with Crippen LogP contribution in [0.25, 0.3) is 0 Å². The molecular weight excluding hydrogens is 328 g/mol. The second-order valence-corrected chi connectivity index (χ2v) is 9.80. The quantitative estimate of drug-likeness (QED) is 0.781. The molecule has 1 spiro atoms. The van der Waals surface area contributed by atoms with Gasteiger partial charge in [-0.3, -0.25) is 4.79 Å². The molecule has 3 aliphatic rings. The van der Waals surface area contributed by atoms with Crippen molar-refractivity contribution in [2.75, 3.05) is 32.0 Å². The summed E-state index contributed by atoms with van der Waals surface area (Å²) < 4.78 is 31.7. The Morgan fingerprint density at radius 2 is 1.96 bits per heavy atom. The zero-order valence-electron chi connectivity index (χ0n) is 14.6. The van der Waals surface area contributed by atoms with Crippen molar-refractivity contribution in [3.63, 3.8) is 0 Å². The van der Waals surface area contributed by atoms with Crippen molar-refractivity contribution in [3.8, 4) is 0 Å². The van der Waals surface area contributed by atoms with E-state index in [1.165, 1.54) is 0 Å². The summed E-state index contributed by atoms with van der Waals surface area (Å²) in [4.78, 5) is 11.7. The Labute approximate surface area is 145 Å². The minimum absolute atomic E-state index is 0.150. The third-order valence-corrected chi connectivity index (χ3v) is 7.67. The van der Waals surface area contributed by atoms with Gasteiger partial charge in [-0.1, -0.05) is 0 Å². The number of carbonyl (C=O) groups excluding carboxylic acids is 1. The summed E-state index contributed by atoms with van der Waals surface area (Å²) in [5, 5.41) is 3.05. The number of carbonyl (C=O) groups is 1. The van der Waals surface area contributed by atoms with Crippen molar-refractivity contribution in [1.82, 2.24) is 9.62 Å². The van der Waals surface area contributed by atoms with E-state index in [0.29, 0.717) is 19.0 Å². The first-order valence-electron chi connectivity index (χ1n) is 9.34. The summed E-state index contributed by atoms with van der Waals surface area (Å²) in [7, 11) is -3.09. The topological polar surface area (TPSA) is 75.7 Å². The van der Waals surface area contributed by atoms with E-state index in [1.54, 1.807) is 11.2 Å². The maximum atomic E-state index is 12.0. The largest absolute Gasteiger partial charge is 0.375 e. The van der Waals surface area contributed by atoms with Crippen molar-refractivity contribution in [1.29, 1.82) is 0 Å². The average molecular weight is 359 g/mol. The van der Waals surface area contributed by atoms with Crippen molar-refractivity contribution in [2.45, 2.75) is 57.5 Å². The number of nitrogens with one attached hydrogen (secondary N) is 1. The number of rotatable bonds is 6. The lowest BCUT2D eigenvalue weighted by atomic mass is 9.79. The minimum Gasteiger partial charge on any atom is -0.375 e. The van der Waals surface area contributed by atoms with E-state index in [9.17, 15) is 13.2 Å². The van der Waals surface area contributed by atoms with Crippen LogP contribution in [0.15, 0.2) is 0 Å². The fourth-order valence-electron chi connectivity index (χ4n) is 3.97. The van der Waals surface area contributed by atoms with Crippen LogP contribution in [-0.4, -0.2) is 56.2 Å². The number of sulfonamides is 1. The zero-order valence-corrected chi connectivity index (χ0v) is 15.4. The van der Waals surface area contributed by atoms with Gasteiger partial charge in [0.1, 0.15) is 0 Å².